The zero-order valence-electron chi connectivity index (χ0n) is 18.8. The molecule has 3 aliphatic carbocycles. The van der Waals surface area contributed by atoms with E-state index in [4.69, 9.17) is 15.3 Å². The van der Waals surface area contributed by atoms with Gasteiger partial charge in [-0.15, -0.1) is 12.0 Å². The average Bonchev–Trinajstić information content (AvgIpc) is 3.02. The van der Waals surface area contributed by atoms with E-state index in [0.29, 0.717) is 0 Å². The van der Waals surface area contributed by atoms with Crippen LogP contribution in [0.25, 0.3) is 0 Å². The minimum Gasteiger partial charge on any atom is -0.481 e. The topological polar surface area (TPSA) is 112 Å². The predicted octanol–water partition coefficient (Wildman–Crippen LogP) is 5.63. The van der Waals surface area contributed by atoms with E-state index >= 15 is 0 Å². The summed E-state index contributed by atoms with van der Waals surface area (Å²) in [5.74, 6) is -1.46. The summed E-state index contributed by atoms with van der Waals surface area (Å²) in [4.78, 5) is 28.1. The SMILES string of the molecule is CC1C2=C(CCC[CH-]2)C2=C1CCCC2.CCC(=O)O.CCC(=O)O.CCC(=O)O.[Ti]. The summed E-state index contributed by atoms with van der Waals surface area (Å²) >= 11 is 0. The number of carboxylic acids is 3. The molecule has 6 nitrogen and oxygen atoms in total. The summed E-state index contributed by atoms with van der Waals surface area (Å²) in [7, 11) is 0. The maximum atomic E-state index is 9.37. The van der Waals surface area contributed by atoms with Gasteiger partial charge < -0.3 is 15.3 Å². The van der Waals surface area contributed by atoms with Crippen LogP contribution in [-0.4, -0.2) is 33.2 Å². The van der Waals surface area contributed by atoms with Crippen LogP contribution >= 0.6 is 0 Å². The molecule has 0 bridgehead atoms. The molecule has 1 atom stereocenters. The van der Waals surface area contributed by atoms with E-state index in [-0.39, 0.29) is 41.0 Å². The van der Waals surface area contributed by atoms with E-state index in [1.165, 1.54) is 44.9 Å². The van der Waals surface area contributed by atoms with Gasteiger partial charge in [-0.05, 0) is 25.2 Å². The molecule has 0 saturated carbocycles. The Kier molecular flexibility index (Phi) is 17.6. The van der Waals surface area contributed by atoms with Crippen LogP contribution in [0.3, 0.4) is 0 Å². The fraction of sp³-hybridized carbons (Fsp3) is 0.652. The quantitative estimate of drug-likeness (QED) is 0.374. The first-order chi connectivity index (χ1) is 13.7. The first-order valence-electron chi connectivity index (χ1n) is 10.6. The van der Waals surface area contributed by atoms with Crippen molar-refractivity contribution in [1.29, 1.82) is 0 Å². The fourth-order valence-corrected chi connectivity index (χ4v) is 3.51. The van der Waals surface area contributed by atoms with Crippen molar-refractivity contribution >= 4 is 17.9 Å². The van der Waals surface area contributed by atoms with Gasteiger partial charge in [0.05, 0.1) is 0 Å². The van der Waals surface area contributed by atoms with Gasteiger partial charge in [-0.3, -0.25) is 14.4 Å². The van der Waals surface area contributed by atoms with Gasteiger partial charge in [0.2, 0.25) is 0 Å². The summed E-state index contributed by atoms with van der Waals surface area (Å²) in [6.07, 6.45) is 12.9. The zero-order chi connectivity index (χ0) is 22.4. The number of hydrogen-bond donors (Lipinski definition) is 3. The third-order valence-corrected chi connectivity index (χ3v) is 5.11. The van der Waals surface area contributed by atoms with E-state index in [0.717, 1.165) is 5.92 Å². The molecule has 0 aromatic carbocycles. The van der Waals surface area contributed by atoms with Crippen LogP contribution in [-0.2, 0) is 36.1 Å². The summed E-state index contributed by atoms with van der Waals surface area (Å²) in [5, 5.41) is 23.2. The second-order valence-corrected chi connectivity index (χ2v) is 7.20. The standard InChI is InChI=1S/C14H19.3C3H6O2.Ti/c1-10-11-6-2-4-8-13(11)14-9-5-3-7-12(10)14;3*1-2-3(4)5;/h6,10H,2-5,7-9H2,1H3;3*2H2,1H3,(H,4,5);/q-1;;;;. The number of aliphatic carboxylic acids is 3. The number of rotatable bonds is 3. The number of carboxylic acid groups (broad SMARTS) is 3. The molecular formula is C23H37O6Ti-. The molecule has 170 valence electrons. The van der Waals surface area contributed by atoms with Crippen LogP contribution < -0.4 is 0 Å². The molecule has 1 unspecified atom stereocenters. The molecule has 0 aromatic rings. The van der Waals surface area contributed by atoms with Gasteiger partial charge >= 0.3 is 17.9 Å². The Bertz CT molecular complexity index is 556. The molecule has 0 radical (unpaired) electrons. The monoisotopic (exact) mass is 457 g/mol. The Morgan fingerprint density at radius 1 is 0.800 bits per heavy atom. The van der Waals surface area contributed by atoms with Crippen molar-refractivity contribution in [2.45, 2.75) is 91.9 Å². The second-order valence-electron chi connectivity index (χ2n) is 7.20. The first-order valence-corrected chi connectivity index (χ1v) is 10.6. The zero-order valence-corrected chi connectivity index (χ0v) is 20.4. The second kappa shape index (κ2) is 17.2. The van der Waals surface area contributed by atoms with E-state index in [1.807, 2.05) is 0 Å². The molecule has 3 N–H and O–H groups in total. The van der Waals surface area contributed by atoms with Gasteiger partial charge in [-0.2, -0.15) is 5.57 Å². The molecule has 0 heterocycles. The summed E-state index contributed by atoms with van der Waals surface area (Å²) in [6, 6.07) is 0. The number of carbonyl (C=O) groups is 3. The van der Waals surface area contributed by atoms with Crippen molar-refractivity contribution in [1.82, 2.24) is 0 Å². The van der Waals surface area contributed by atoms with Crippen LogP contribution in [0.2, 0.25) is 0 Å². The van der Waals surface area contributed by atoms with Crippen molar-refractivity contribution in [3.8, 4) is 0 Å². The van der Waals surface area contributed by atoms with Crippen LogP contribution in [0.1, 0.15) is 91.9 Å². The molecule has 0 aromatic heterocycles. The van der Waals surface area contributed by atoms with Crippen molar-refractivity contribution in [2.24, 2.45) is 5.92 Å². The summed E-state index contributed by atoms with van der Waals surface area (Å²) in [6.45, 7) is 7.22. The molecule has 0 saturated heterocycles. The maximum Gasteiger partial charge on any atom is 0.303 e. The van der Waals surface area contributed by atoms with Crippen molar-refractivity contribution in [3.05, 3.63) is 28.7 Å². The van der Waals surface area contributed by atoms with Gasteiger partial charge in [0.15, 0.2) is 0 Å². The van der Waals surface area contributed by atoms with Crippen LogP contribution in [0.4, 0.5) is 0 Å². The number of allylic oxidation sites excluding steroid dienone is 4. The van der Waals surface area contributed by atoms with Crippen LogP contribution in [0, 0.1) is 12.3 Å². The minimum absolute atomic E-state index is 0. The van der Waals surface area contributed by atoms with Crippen molar-refractivity contribution in [2.75, 3.05) is 0 Å². The Labute approximate surface area is 195 Å². The third-order valence-electron chi connectivity index (χ3n) is 5.11. The van der Waals surface area contributed by atoms with Gasteiger partial charge in [0.1, 0.15) is 0 Å². The van der Waals surface area contributed by atoms with Crippen molar-refractivity contribution < 1.29 is 51.4 Å². The normalized spacial score (nSPS) is 18.3. The Hall–Kier alpha value is -1.53. The Morgan fingerprint density at radius 2 is 1.20 bits per heavy atom. The average molecular weight is 457 g/mol. The van der Waals surface area contributed by atoms with E-state index < -0.39 is 17.9 Å². The van der Waals surface area contributed by atoms with E-state index in [1.54, 1.807) is 43.1 Å². The minimum atomic E-state index is -0.745. The maximum absolute atomic E-state index is 9.37. The first kappa shape index (κ1) is 30.7. The molecular weight excluding hydrogens is 420 g/mol. The molecule has 7 heteroatoms. The van der Waals surface area contributed by atoms with Crippen LogP contribution in [0.15, 0.2) is 22.3 Å². The predicted molar refractivity (Wildman–Crippen MR) is 114 cm³/mol. The van der Waals surface area contributed by atoms with Gasteiger partial charge in [0.25, 0.3) is 0 Å². The third kappa shape index (κ3) is 11.6. The molecule has 30 heavy (non-hydrogen) atoms. The molecule has 3 rings (SSSR count). The molecule has 0 aliphatic heterocycles. The summed E-state index contributed by atoms with van der Waals surface area (Å²) in [5.41, 5.74) is 7.07. The summed E-state index contributed by atoms with van der Waals surface area (Å²) < 4.78 is 0. The molecule has 0 fully saturated rings. The van der Waals surface area contributed by atoms with Gasteiger partial charge in [-0.1, -0.05) is 52.5 Å². The molecule has 3 aliphatic rings. The molecule has 0 spiro atoms. The van der Waals surface area contributed by atoms with E-state index in [9.17, 15) is 14.4 Å². The smallest absolute Gasteiger partial charge is 0.303 e. The van der Waals surface area contributed by atoms with E-state index in [2.05, 4.69) is 13.3 Å². The van der Waals surface area contributed by atoms with Gasteiger partial charge in [-0.25, -0.2) is 12.0 Å². The number of hydrogen-bond acceptors (Lipinski definition) is 3. The van der Waals surface area contributed by atoms with Crippen molar-refractivity contribution in [3.63, 3.8) is 0 Å². The number of fused-ring (bicyclic) bond motifs is 1. The largest absolute Gasteiger partial charge is 0.481 e. The Morgan fingerprint density at radius 3 is 1.63 bits per heavy atom. The fourth-order valence-electron chi connectivity index (χ4n) is 3.51. The Balaban J connectivity index is 0. The van der Waals surface area contributed by atoms with Crippen LogP contribution in [0.5, 0.6) is 0 Å². The van der Waals surface area contributed by atoms with Gasteiger partial charge in [0, 0.05) is 41.0 Å². The molecule has 0 amide bonds.